The topological polar surface area (TPSA) is 84.5 Å². The molecule has 1 aliphatic rings. The van der Waals surface area contributed by atoms with Crippen LogP contribution in [0.3, 0.4) is 0 Å². The van der Waals surface area contributed by atoms with E-state index in [0.717, 1.165) is 0 Å². The molecule has 6 nitrogen and oxygen atoms in total. The third-order valence-electron chi connectivity index (χ3n) is 2.84. The third kappa shape index (κ3) is 3.28. The highest BCUT2D eigenvalue weighted by atomic mass is 19.4. The molecule has 0 aliphatic carbocycles. The predicted molar refractivity (Wildman–Crippen MR) is 65.1 cm³/mol. The van der Waals surface area contributed by atoms with E-state index in [4.69, 9.17) is 15.6 Å². The lowest BCUT2D eigenvalue weighted by Gasteiger charge is -2.36. The quantitative estimate of drug-likeness (QED) is 0.833. The maximum absolute atomic E-state index is 12.7. The van der Waals surface area contributed by atoms with E-state index in [9.17, 15) is 13.2 Å². The summed E-state index contributed by atoms with van der Waals surface area (Å²) in [5.41, 5.74) is 5.41. The molecule has 1 saturated heterocycles. The van der Waals surface area contributed by atoms with Gasteiger partial charge in [-0.3, -0.25) is 0 Å². The average molecular weight is 292 g/mol. The Morgan fingerprint density at radius 3 is 2.75 bits per heavy atom. The monoisotopic (exact) mass is 292 g/mol. The molecule has 20 heavy (non-hydrogen) atoms. The molecule has 0 radical (unpaired) electrons. The summed E-state index contributed by atoms with van der Waals surface area (Å²) in [6.45, 7) is 2.16. The largest absolute Gasteiger partial charge is 0.451 e. The first kappa shape index (κ1) is 14.8. The molecule has 0 amide bonds. The fourth-order valence-electron chi connectivity index (χ4n) is 2.07. The first-order valence-electron chi connectivity index (χ1n) is 6.02. The number of rotatable bonds is 2. The van der Waals surface area contributed by atoms with Crippen LogP contribution in [0.25, 0.3) is 0 Å². The van der Waals surface area contributed by atoms with E-state index in [0.29, 0.717) is 6.54 Å². The molecule has 2 unspecified atom stereocenters. The lowest BCUT2D eigenvalue weighted by Crippen LogP contribution is -2.48. The first-order valence-corrected chi connectivity index (χ1v) is 6.02. The predicted octanol–water partition coefficient (Wildman–Crippen LogP) is 0.664. The summed E-state index contributed by atoms with van der Waals surface area (Å²) in [5, 5.41) is 9.12. The van der Waals surface area contributed by atoms with E-state index < -0.39 is 18.1 Å². The van der Waals surface area contributed by atoms with Crippen molar-refractivity contribution in [3.05, 3.63) is 11.9 Å². The summed E-state index contributed by atoms with van der Waals surface area (Å²) in [6.07, 6.45) is -5.35. The Labute approximate surface area is 113 Å². The van der Waals surface area contributed by atoms with Gasteiger partial charge in [0.2, 0.25) is 5.82 Å². The maximum atomic E-state index is 12.7. The van der Waals surface area contributed by atoms with E-state index in [2.05, 4.69) is 9.97 Å². The Morgan fingerprint density at radius 2 is 2.15 bits per heavy atom. The molecule has 9 heteroatoms. The number of hydrogen-bond donors (Lipinski definition) is 2. The Kier molecular flexibility index (Phi) is 4.00. The van der Waals surface area contributed by atoms with Gasteiger partial charge in [0, 0.05) is 19.2 Å². The number of alkyl halides is 3. The van der Waals surface area contributed by atoms with Crippen LogP contribution in [0.4, 0.5) is 24.8 Å². The summed E-state index contributed by atoms with van der Waals surface area (Å²) in [6, 6.07) is 1.28. The Balaban J connectivity index is 2.30. The molecule has 0 bridgehead atoms. The van der Waals surface area contributed by atoms with E-state index in [1.807, 2.05) is 0 Å². The Hall–Kier alpha value is -1.61. The van der Waals surface area contributed by atoms with Crippen molar-refractivity contribution >= 4 is 11.6 Å². The van der Waals surface area contributed by atoms with Crippen LogP contribution >= 0.6 is 0 Å². The van der Waals surface area contributed by atoms with Gasteiger partial charge < -0.3 is 20.5 Å². The molecule has 1 aromatic heterocycles. The minimum absolute atomic E-state index is 0.0819. The van der Waals surface area contributed by atoms with Gasteiger partial charge in [0.25, 0.3) is 0 Å². The van der Waals surface area contributed by atoms with Gasteiger partial charge in [-0.25, -0.2) is 9.97 Å². The zero-order valence-corrected chi connectivity index (χ0v) is 10.8. The van der Waals surface area contributed by atoms with Crippen LogP contribution in [-0.4, -0.2) is 47.0 Å². The van der Waals surface area contributed by atoms with Gasteiger partial charge in [0.1, 0.15) is 11.6 Å². The van der Waals surface area contributed by atoms with Crippen molar-refractivity contribution in [3.63, 3.8) is 0 Å². The van der Waals surface area contributed by atoms with Crippen LogP contribution in [0.15, 0.2) is 6.07 Å². The van der Waals surface area contributed by atoms with Crippen LogP contribution in [0, 0.1) is 0 Å². The summed E-state index contributed by atoms with van der Waals surface area (Å²) in [7, 11) is 0. The summed E-state index contributed by atoms with van der Waals surface area (Å²) in [5.74, 6) is -1.44. The SMILES string of the molecule is CC1CN(c2cc(N)nc(C(F)(F)F)n2)CC(CO)O1. The van der Waals surface area contributed by atoms with Gasteiger partial charge in [-0.15, -0.1) is 0 Å². The second-order valence-corrected chi connectivity index (χ2v) is 4.63. The Bertz CT molecular complexity index is 483. The van der Waals surface area contributed by atoms with Crippen molar-refractivity contribution in [1.29, 1.82) is 0 Å². The molecule has 2 rings (SSSR count). The molecule has 0 spiro atoms. The number of nitrogen functional groups attached to an aromatic ring is 1. The highest BCUT2D eigenvalue weighted by molar-refractivity contribution is 5.47. The molecule has 3 N–H and O–H groups in total. The van der Waals surface area contributed by atoms with Crippen molar-refractivity contribution < 1.29 is 23.0 Å². The van der Waals surface area contributed by atoms with Crippen LogP contribution in [0.2, 0.25) is 0 Å². The van der Waals surface area contributed by atoms with Crippen molar-refractivity contribution in [1.82, 2.24) is 9.97 Å². The zero-order valence-electron chi connectivity index (χ0n) is 10.8. The highest BCUT2D eigenvalue weighted by Crippen LogP contribution is 2.29. The van der Waals surface area contributed by atoms with Gasteiger partial charge in [0.05, 0.1) is 18.8 Å². The molecule has 2 heterocycles. The molecular formula is C11H15F3N4O2. The fourth-order valence-corrected chi connectivity index (χ4v) is 2.07. The van der Waals surface area contributed by atoms with Crippen LogP contribution in [0.5, 0.6) is 0 Å². The van der Waals surface area contributed by atoms with Crippen molar-refractivity contribution in [2.45, 2.75) is 25.3 Å². The molecule has 1 fully saturated rings. The van der Waals surface area contributed by atoms with Gasteiger partial charge in [-0.1, -0.05) is 0 Å². The minimum Gasteiger partial charge on any atom is -0.394 e. The van der Waals surface area contributed by atoms with Gasteiger partial charge in [-0.2, -0.15) is 13.2 Å². The van der Waals surface area contributed by atoms with E-state index in [1.165, 1.54) is 6.07 Å². The van der Waals surface area contributed by atoms with Crippen LogP contribution < -0.4 is 10.6 Å². The minimum atomic E-state index is -4.65. The Morgan fingerprint density at radius 1 is 1.45 bits per heavy atom. The van der Waals surface area contributed by atoms with Gasteiger partial charge >= 0.3 is 6.18 Å². The lowest BCUT2D eigenvalue weighted by atomic mass is 10.2. The maximum Gasteiger partial charge on any atom is 0.451 e. The summed E-state index contributed by atoms with van der Waals surface area (Å²) >= 11 is 0. The number of aromatic nitrogens is 2. The number of anilines is 2. The number of halogens is 3. The summed E-state index contributed by atoms with van der Waals surface area (Å²) < 4.78 is 43.4. The van der Waals surface area contributed by atoms with Crippen molar-refractivity contribution in [3.8, 4) is 0 Å². The number of aliphatic hydroxyl groups excluding tert-OH is 1. The third-order valence-corrected chi connectivity index (χ3v) is 2.84. The standard InChI is InChI=1S/C11H15F3N4O2/c1-6-3-18(4-7(5-19)20-6)9-2-8(15)16-10(17-9)11(12,13)14/h2,6-7,19H,3-5H2,1H3,(H2,15,16,17). The lowest BCUT2D eigenvalue weighted by molar-refractivity contribution is -0.144. The second kappa shape index (κ2) is 5.41. The number of morpholine rings is 1. The molecule has 1 aromatic rings. The number of ether oxygens (including phenoxy) is 1. The van der Waals surface area contributed by atoms with E-state index >= 15 is 0 Å². The number of aliphatic hydroxyl groups is 1. The molecule has 0 aromatic carbocycles. The zero-order chi connectivity index (χ0) is 14.9. The molecule has 0 saturated carbocycles. The molecular weight excluding hydrogens is 277 g/mol. The molecule has 112 valence electrons. The van der Waals surface area contributed by atoms with E-state index in [1.54, 1.807) is 11.8 Å². The molecule has 1 aliphatic heterocycles. The second-order valence-electron chi connectivity index (χ2n) is 4.63. The highest BCUT2D eigenvalue weighted by Gasteiger charge is 2.36. The summed E-state index contributed by atoms with van der Waals surface area (Å²) in [4.78, 5) is 8.30. The van der Waals surface area contributed by atoms with E-state index in [-0.39, 0.29) is 30.9 Å². The number of nitrogens with zero attached hydrogens (tertiary/aromatic N) is 3. The number of hydrogen-bond acceptors (Lipinski definition) is 6. The van der Waals surface area contributed by atoms with Crippen molar-refractivity contribution in [2.75, 3.05) is 30.3 Å². The first-order chi connectivity index (χ1) is 9.29. The fraction of sp³-hybridized carbons (Fsp3) is 0.636. The molecule has 2 atom stereocenters. The normalized spacial score (nSPS) is 23.9. The van der Waals surface area contributed by atoms with Gasteiger partial charge in [-0.05, 0) is 6.92 Å². The van der Waals surface area contributed by atoms with Crippen molar-refractivity contribution in [2.24, 2.45) is 0 Å². The number of nitrogens with two attached hydrogens (primary N) is 1. The smallest absolute Gasteiger partial charge is 0.394 e. The van der Waals surface area contributed by atoms with Crippen LogP contribution in [-0.2, 0) is 10.9 Å². The van der Waals surface area contributed by atoms with Crippen LogP contribution in [0.1, 0.15) is 12.7 Å². The van der Waals surface area contributed by atoms with Gasteiger partial charge in [0.15, 0.2) is 0 Å². The average Bonchev–Trinajstić information content (AvgIpc) is 2.36.